The number of likely N-dealkylation sites (tertiary alicyclic amines) is 1. The second kappa shape index (κ2) is 7.68. The summed E-state index contributed by atoms with van der Waals surface area (Å²) in [6, 6.07) is 8.77. The molecule has 30 heavy (non-hydrogen) atoms. The van der Waals surface area contributed by atoms with Gasteiger partial charge in [0.25, 0.3) is 5.91 Å². The Morgan fingerprint density at radius 2 is 1.60 bits per heavy atom. The van der Waals surface area contributed by atoms with Crippen molar-refractivity contribution in [2.24, 2.45) is 0 Å². The number of piperidine rings is 1. The maximum Gasteiger partial charge on any atom is 0.426 e. The Bertz CT molecular complexity index is 890. The molecule has 1 fully saturated rings. The molecule has 3 rings (SSSR count). The first kappa shape index (κ1) is 22.3. The van der Waals surface area contributed by atoms with Gasteiger partial charge in [0, 0.05) is 30.9 Å². The number of hydrogen-bond donors (Lipinski definition) is 1. The minimum Gasteiger partial charge on any atom is -0.373 e. The molecule has 1 atom stereocenters. The van der Waals surface area contributed by atoms with E-state index in [2.05, 4.69) is 5.10 Å². The van der Waals surface area contributed by atoms with Gasteiger partial charge in [0.05, 0.1) is 5.69 Å². The number of rotatable bonds is 4. The van der Waals surface area contributed by atoms with Crippen LogP contribution in [0.3, 0.4) is 0 Å². The van der Waals surface area contributed by atoms with Gasteiger partial charge in [-0.25, -0.2) is 9.07 Å². The number of aliphatic hydroxyl groups is 1. The molecular weight excluding hydrogens is 402 g/mol. The lowest BCUT2D eigenvalue weighted by molar-refractivity contribution is -0.250. The number of nitrogens with zero attached hydrogens (tertiary/aromatic N) is 3. The molecule has 2 heterocycles. The SMILES string of the molecule is CC(C)(F)c1ccc(-n2nccc2C2CCN(C(=O)[C@@](C)(O)C(F)(F)F)CC2)cc1. The molecule has 2 aromatic rings. The molecule has 5 nitrogen and oxygen atoms in total. The van der Waals surface area contributed by atoms with Crippen molar-refractivity contribution in [2.75, 3.05) is 13.1 Å². The van der Waals surface area contributed by atoms with Gasteiger partial charge >= 0.3 is 6.18 Å². The van der Waals surface area contributed by atoms with Gasteiger partial charge in [-0.2, -0.15) is 18.3 Å². The van der Waals surface area contributed by atoms with Crippen molar-refractivity contribution >= 4 is 5.91 Å². The minimum atomic E-state index is -5.03. The molecule has 0 bridgehead atoms. The standard InChI is InChI=1S/C21H25F4N3O2/c1-19(2,22)15-4-6-16(7-5-15)28-17(8-11-26-28)14-9-12-27(13-10-14)18(29)20(3,30)21(23,24)25/h4-8,11,14,30H,9-10,12-13H2,1-3H3/t20-/m1/s1. The van der Waals surface area contributed by atoms with E-state index in [0.29, 0.717) is 25.3 Å². The van der Waals surface area contributed by atoms with Crippen LogP contribution in [0.5, 0.6) is 0 Å². The van der Waals surface area contributed by atoms with E-state index >= 15 is 0 Å². The van der Waals surface area contributed by atoms with Gasteiger partial charge in [-0.05, 0) is 57.4 Å². The number of benzene rings is 1. The fraction of sp³-hybridized carbons (Fsp3) is 0.524. The van der Waals surface area contributed by atoms with Crippen LogP contribution in [0.15, 0.2) is 36.5 Å². The lowest BCUT2D eigenvalue weighted by Gasteiger charge is -2.36. The number of carbonyl (C=O) groups excluding carboxylic acids is 1. The highest BCUT2D eigenvalue weighted by Crippen LogP contribution is 2.35. The summed E-state index contributed by atoms with van der Waals surface area (Å²) >= 11 is 0. The van der Waals surface area contributed by atoms with Crippen LogP contribution in [0.2, 0.25) is 0 Å². The van der Waals surface area contributed by atoms with Gasteiger partial charge in [-0.1, -0.05) is 12.1 Å². The molecule has 1 saturated heterocycles. The summed E-state index contributed by atoms with van der Waals surface area (Å²) in [6.45, 7) is 3.66. The van der Waals surface area contributed by atoms with Crippen LogP contribution in [-0.4, -0.2) is 50.6 Å². The van der Waals surface area contributed by atoms with Crippen LogP contribution in [0.1, 0.15) is 50.8 Å². The van der Waals surface area contributed by atoms with Gasteiger partial charge < -0.3 is 10.0 Å². The Morgan fingerprint density at radius 3 is 2.10 bits per heavy atom. The zero-order valence-electron chi connectivity index (χ0n) is 17.1. The van der Waals surface area contributed by atoms with E-state index in [9.17, 15) is 27.5 Å². The smallest absolute Gasteiger partial charge is 0.373 e. The molecular formula is C21H25F4N3O2. The molecule has 1 N–H and O–H groups in total. The lowest BCUT2D eigenvalue weighted by Crippen LogP contribution is -2.57. The van der Waals surface area contributed by atoms with Crippen LogP contribution in [0.4, 0.5) is 17.6 Å². The van der Waals surface area contributed by atoms with E-state index < -0.39 is 23.4 Å². The Kier molecular flexibility index (Phi) is 5.70. The van der Waals surface area contributed by atoms with Gasteiger partial charge in [0.15, 0.2) is 0 Å². The normalized spacial score (nSPS) is 18.3. The first-order valence-electron chi connectivity index (χ1n) is 9.74. The summed E-state index contributed by atoms with van der Waals surface area (Å²) in [5, 5.41) is 14.0. The van der Waals surface area contributed by atoms with E-state index in [0.717, 1.165) is 16.3 Å². The molecule has 1 aromatic heterocycles. The third-order valence-electron chi connectivity index (χ3n) is 5.64. The fourth-order valence-electron chi connectivity index (χ4n) is 3.64. The maximum absolute atomic E-state index is 14.1. The molecule has 0 saturated carbocycles. The van der Waals surface area contributed by atoms with Crippen LogP contribution in [0.25, 0.3) is 5.69 Å². The van der Waals surface area contributed by atoms with Crippen molar-refractivity contribution in [3.05, 3.63) is 47.8 Å². The molecule has 1 aliphatic heterocycles. The van der Waals surface area contributed by atoms with Crippen molar-refractivity contribution in [1.82, 2.24) is 14.7 Å². The van der Waals surface area contributed by atoms with Crippen molar-refractivity contribution in [3.63, 3.8) is 0 Å². The van der Waals surface area contributed by atoms with Gasteiger partial charge in [0.1, 0.15) is 5.67 Å². The topological polar surface area (TPSA) is 58.4 Å². The monoisotopic (exact) mass is 427 g/mol. The Hall–Kier alpha value is -2.42. The number of aromatic nitrogens is 2. The van der Waals surface area contributed by atoms with E-state index in [1.165, 1.54) is 13.8 Å². The summed E-state index contributed by atoms with van der Waals surface area (Å²) < 4.78 is 54.7. The van der Waals surface area contributed by atoms with Gasteiger partial charge in [0.2, 0.25) is 5.60 Å². The molecule has 0 radical (unpaired) electrons. The van der Waals surface area contributed by atoms with Crippen molar-refractivity contribution in [1.29, 1.82) is 0 Å². The van der Waals surface area contributed by atoms with Crippen molar-refractivity contribution < 1.29 is 27.5 Å². The van der Waals surface area contributed by atoms with E-state index in [1.807, 2.05) is 6.07 Å². The largest absolute Gasteiger partial charge is 0.426 e. The highest BCUT2D eigenvalue weighted by atomic mass is 19.4. The zero-order chi connectivity index (χ0) is 22.3. The summed E-state index contributed by atoms with van der Waals surface area (Å²) in [7, 11) is 0. The summed E-state index contributed by atoms with van der Waals surface area (Å²) in [5.41, 5.74) is -2.68. The molecule has 0 aliphatic carbocycles. The van der Waals surface area contributed by atoms with Crippen LogP contribution < -0.4 is 0 Å². The molecule has 0 spiro atoms. The van der Waals surface area contributed by atoms with Crippen LogP contribution >= 0.6 is 0 Å². The average Bonchev–Trinajstić information content (AvgIpc) is 3.16. The van der Waals surface area contributed by atoms with Gasteiger partial charge in [-0.3, -0.25) is 4.79 Å². The molecule has 9 heteroatoms. The number of carbonyl (C=O) groups is 1. The van der Waals surface area contributed by atoms with E-state index in [-0.39, 0.29) is 19.0 Å². The van der Waals surface area contributed by atoms with E-state index in [1.54, 1.807) is 35.1 Å². The summed E-state index contributed by atoms with van der Waals surface area (Å²) in [4.78, 5) is 13.2. The Labute approximate surface area is 172 Å². The summed E-state index contributed by atoms with van der Waals surface area (Å²) in [5.74, 6) is -1.34. The van der Waals surface area contributed by atoms with Gasteiger partial charge in [-0.15, -0.1) is 0 Å². The van der Waals surface area contributed by atoms with Crippen molar-refractivity contribution in [2.45, 2.75) is 57.0 Å². The second-order valence-electron chi connectivity index (χ2n) is 8.32. The Morgan fingerprint density at radius 1 is 1.03 bits per heavy atom. The average molecular weight is 427 g/mol. The fourth-order valence-corrected chi connectivity index (χ4v) is 3.64. The third kappa shape index (κ3) is 4.21. The van der Waals surface area contributed by atoms with Crippen LogP contribution in [-0.2, 0) is 10.5 Å². The molecule has 1 amide bonds. The molecule has 0 unspecified atom stereocenters. The number of hydrogen-bond acceptors (Lipinski definition) is 3. The predicted octanol–water partition coefficient (Wildman–Crippen LogP) is 4.10. The third-order valence-corrected chi connectivity index (χ3v) is 5.64. The first-order valence-corrected chi connectivity index (χ1v) is 9.74. The maximum atomic E-state index is 14.1. The molecule has 164 valence electrons. The number of amides is 1. The van der Waals surface area contributed by atoms with Crippen LogP contribution in [0, 0.1) is 0 Å². The number of halogens is 4. The number of alkyl halides is 4. The first-order chi connectivity index (χ1) is 13.8. The highest BCUT2D eigenvalue weighted by molar-refractivity contribution is 5.85. The minimum absolute atomic E-state index is 0.00956. The summed E-state index contributed by atoms with van der Waals surface area (Å²) in [6.07, 6.45) is -2.50. The quantitative estimate of drug-likeness (QED) is 0.748. The predicted molar refractivity (Wildman–Crippen MR) is 103 cm³/mol. The zero-order valence-corrected chi connectivity index (χ0v) is 17.1. The molecule has 1 aromatic carbocycles. The van der Waals surface area contributed by atoms with Crippen molar-refractivity contribution in [3.8, 4) is 5.69 Å². The molecule has 1 aliphatic rings. The van der Waals surface area contributed by atoms with E-state index in [4.69, 9.17) is 0 Å². The second-order valence-corrected chi connectivity index (χ2v) is 8.32. The Balaban J connectivity index is 1.72. The lowest BCUT2D eigenvalue weighted by atomic mass is 9.92. The highest BCUT2D eigenvalue weighted by Gasteiger charge is 2.57.